The van der Waals surface area contributed by atoms with Crippen molar-refractivity contribution in [3.63, 3.8) is 0 Å². The number of carbonyl (C=O) groups excluding carboxylic acids is 1. The Hall–Kier alpha value is -1.46. The Morgan fingerprint density at radius 2 is 2.24 bits per heavy atom. The Kier molecular flexibility index (Phi) is 5.59. The Morgan fingerprint density at radius 1 is 1.47 bits per heavy atom. The van der Waals surface area contributed by atoms with E-state index >= 15 is 0 Å². The number of methoxy groups -OCH3 is 1. The van der Waals surface area contributed by atoms with Crippen molar-refractivity contribution in [3.05, 3.63) is 29.6 Å². The Morgan fingerprint density at radius 3 is 2.94 bits per heavy atom. The molecule has 17 heavy (non-hydrogen) atoms. The molecule has 94 valence electrons. The highest BCUT2D eigenvalue weighted by atomic mass is 19.1. The van der Waals surface area contributed by atoms with Crippen LogP contribution in [0.5, 0.6) is 0 Å². The number of ether oxygens (including phenoxy) is 1. The van der Waals surface area contributed by atoms with Gasteiger partial charge >= 0.3 is 0 Å². The number of hydrogen-bond donors (Lipinski definition) is 2. The topological polar surface area (TPSA) is 50.4 Å². The molecule has 0 unspecified atom stereocenters. The van der Waals surface area contributed by atoms with E-state index in [9.17, 15) is 9.18 Å². The Balaban J connectivity index is 2.43. The number of nitrogens with one attached hydrogen (secondary N) is 2. The van der Waals surface area contributed by atoms with Gasteiger partial charge in [-0.05, 0) is 19.1 Å². The summed E-state index contributed by atoms with van der Waals surface area (Å²) in [6, 6.07) is 4.60. The molecule has 0 saturated heterocycles. The fourth-order valence-corrected chi connectivity index (χ4v) is 1.31. The van der Waals surface area contributed by atoms with Crippen molar-refractivity contribution in [1.29, 1.82) is 0 Å². The number of hydrogen-bond acceptors (Lipinski definition) is 3. The summed E-state index contributed by atoms with van der Waals surface area (Å²) in [6.45, 7) is 2.96. The maximum Gasteiger partial charge on any atom is 0.238 e. The third kappa shape index (κ3) is 4.50. The summed E-state index contributed by atoms with van der Waals surface area (Å²) in [7, 11) is 1.60. The van der Waals surface area contributed by atoms with E-state index in [0.717, 1.165) is 0 Å². The van der Waals surface area contributed by atoms with E-state index < -0.39 is 0 Å². The number of halogens is 1. The largest absolute Gasteiger partial charge is 0.383 e. The van der Waals surface area contributed by atoms with Gasteiger partial charge in [0.2, 0.25) is 5.91 Å². The van der Waals surface area contributed by atoms with Gasteiger partial charge in [-0.1, -0.05) is 6.07 Å². The fraction of sp³-hybridized carbons (Fsp3) is 0.417. The lowest BCUT2D eigenvalue weighted by Gasteiger charge is -2.09. The lowest BCUT2D eigenvalue weighted by Crippen LogP contribution is -2.30. The van der Waals surface area contributed by atoms with E-state index in [1.165, 1.54) is 6.07 Å². The average molecular weight is 240 g/mol. The quantitative estimate of drug-likeness (QED) is 0.737. The number of rotatable bonds is 6. The molecule has 1 rings (SSSR count). The molecule has 1 aromatic rings. The van der Waals surface area contributed by atoms with Crippen molar-refractivity contribution in [2.45, 2.75) is 6.92 Å². The van der Waals surface area contributed by atoms with Crippen LogP contribution in [0, 0.1) is 12.7 Å². The summed E-state index contributed by atoms with van der Waals surface area (Å²) in [5.41, 5.74) is 0.946. The third-order valence-electron chi connectivity index (χ3n) is 2.31. The van der Waals surface area contributed by atoms with Crippen LogP contribution in [0.1, 0.15) is 5.56 Å². The van der Waals surface area contributed by atoms with Crippen molar-refractivity contribution in [2.24, 2.45) is 0 Å². The van der Waals surface area contributed by atoms with E-state index in [1.54, 1.807) is 26.2 Å². The zero-order valence-corrected chi connectivity index (χ0v) is 10.0. The SMILES string of the molecule is COCCNCC(=O)Nc1cccc(F)c1C. The predicted molar refractivity (Wildman–Crippen MR) is 64.5 cm³/mol. The highest BCUT2D eigenvalue weighted by Crippen LogP contribution is 2.16. The number of benzene rings is 1. The highest BCUT2D eigenvalue weighted by Gasteiger charge is 2.06. The normalized spacial score (nSPS) is 10.3. The summed E-state index contributed by atoms with van der Waals surface area (Å²) < 4.78 is 18.0. The molecule has 1 amide bonds. The van der Waals surface area contributed by atoms with Gasteiger partial charge in [-0.15, -0.1) is 0 Å². The molecule has 0 aliphatic heterocycles. The van der Waals surface area contributed by atoms with Gasteiger partial charge in [0.15, 0.2) is 0 Å². The molecule has 2 N–H and O–H groups in total. The molecule has 0 aromatic heterocycles. The van der Waals surface area contributed by atoms with E-state index in [4.69, 9.17) is 4.74 Å². The molecular formula is C12H17FN2O2. The molecule has 0 saturated carbocycles. The molecule has 0 spiro atoms. The molecule has 1 aromatic carbocycles. The maximum atomic E-state index is 13.2. The van der Waals surface area contributed by atoms with E-state index in [1.807, 2.05) is 0 Å². The van der Waals surface area contributed by atoms with Crippen LogP contribution >= 0.6 is 0 Å². The zero-order chi connectivity index (χ0) is 12.7. The standard InChI is InChI=1S/C12H17FN2O2/c1-9-10(13)4-3-5-11(9)15-12(16)8-14-6-7-17-2/h3-5,14H,6-8H2,1-2H3,(H,15,16). The summed E-state index contributed by atoms with van der Waals surface area (Å²) in [5, 5.41) is 5.56. The summed E-state index contributed by atoms with van der Waals surface area (Å²) >= 11 is 0. The fourth-order valence-electron chi connectivity index (χ4n) is 1.31. The van der Waals surface area contributed by atoms with Crippen LogP contribution < -0.4 is 10.6 Å². The van der Waals surface area contributed by atoms with Crippen LogP contribution in [0.3, 0.4) is 0 Å². The first kappa shape index (κ1) is 13.6. The number of anilines is 1. The second kappa shape index (κ2) is 6.98. The van der Waals surface area contributed by atoms with Gasteiger partial charge in [0.05, 0.1) is 13.2 Å². The second-order valence-electron chi connectivity index (χ2n) is 3.63. The van der Waals surface area contributed by atoms with Crippen LogP contribution in [0.15, 0.2) is 18.2 Å². The first-order valence-electron chi connectivity index (χ1n) is 5.39. The van der Waals surface area contributed by atoms with Crippen LogP contribution in [0.2, 0.25) is 0 Å². The van der Waals surface area contributed by atoms with Crippen molar-refractivity contribution in [3.8, 4) is 0 Å². The molecule has 0 atom stereocenters. The lowest BCUT2D eigenvalue weighted by molar-refractivity contribution is -0.115. The Labute approximate surface area is 100 Å². The zero-order valence-electron chi connectivity index (χ0n) is 10.0. The van der Waals surface area contributed by atoms with Gasteiger partial charge in [0.25, 0.3) is 0 Å². The molecule has 0 radical (unpaired) electrons. The van der Waals surface area contributed by atoms with Gasteiger partial charge in [-0.2, -0.15) is 0 Å². The molecule has 0 bridgehead atoms. The van der Waals surface area contributed by atoms with Gasteiger partial charge in [0.1, 0.15) is 5.82 Å². The van der Waals surface area contributed by atoms with Gasteiger partial charge in [0, 0.05) is 24.9 Å². The Bertz CT molecular complexity index is 383. The minimum atomic E-state index is -0.324. The van der Waals surface area contributed by atoms with Crippen LogP contribution in [-0.2, 0) is 9.53 Å². The van der Waals surface area contributed by atoms with E-state index in [0.29, 0.717) is 24.4 Å². The van der Waals surface area contributed by atoms with E-state index in [2.05, 4.69) is 10.6 Å². The van der Waals surface area contributed by atoms with Gasteiger partial charge in [-0.25, -0.2) is 4.39 Å². The van der Waals surface area contributed by atoms with Crippen LogP contribution in [-0.4, -0.2) is 32.7 Å². The molecule has 0 aliphatic carbocycles. The molecule has 0 fully saturated rings. The first-order valence-corrected chi connectivity index (χ1v) is 5.39. The minimum Gasteiger partial charge on any atom is -0.383 e. The number of carbonyl (C=O) groups is 1. The van der Waals surface area contributed by atoms with Crippen molar-refractivity contribution < 1.29 is 13.9 Å². The number of amides is 1. The highest BCUT2D eigenvalue weighted by molar-refractivity contribution is 5.92. The third-order valence-corrected chi connectivity index (χ3v) is 2.31. The second-order valence-corrected chi connectivity index (χ2v) is 3.63. The maximum absolute atomic E-state index is 13.2. The predicted octanol–water partition coefficient (Wildman–Crippen LogP) is 1.31. The van der Waals surface area contributed by atoms with Gasteiger partial charge in [-0.3, -0.25) is 4.79 Å². The lowest BCUT2D eigenvalue weighted by atomic mass is 10.2. The molecule has 5 heteroatoms. The van der Waals surface area contributed by atoms with Crippen LogP contribution in [0.25, 0.3) is 0 Å². The molecule has 0 heterocycles. The van der Waals surface area contributed by atoms with E-state index in [-0.39, 0.29) is 18.3 Å². The molecular weight excluding hydrogens is 223 g/mol. The van der Waals surface area contributed by atoms with Crippen molar-refractivity contribution in [2.75, 3.05) is 32.1 Å². The summed E-state index contributed by atoms with van der Waals surface area (Å²) in [6.07, 6.45) is 0. The minimum absolute atomic E-state index is 0.180. The first-order chi connectivity index (χ1) is 8.15. The summed E-state index contributed by atoms with van der Waals surface area (Å²) in [4.78, 5) is 11.5. The van der Waals surface area contributed by atoms with Crippen molar-refractivity contribution in [1.82, 2.24) is 5.32 Å². The molecule has 0 aliphatic rings. The average Bonchev–Trinajstić information content (AvgIpc) is 2.31. The molecule has 4 nitrogen and oxygen atoms in total. The summed E-state index contributed by atoms with van der Waals surface area (Å²) in [5.74, 6) is -0.523. The van der Waals surface area contributed by atoms with Crippen molar-refractivity contribution >= 4 is 11.6 Å². The van der Waals surface area contributed by atoms with Gasteiger partial charge < -0.3 is 15.4 Å². The van der Waals surface area contributed by atoms with Crippen LogP contribution in [0.4, 0.5) is 10.1 Å². The smallest absolute Gasteiger partial charge is 0.238 e. The monoisotopic (exact) mass is 240 g/mol.